The van der Waals surface area contributed by atoms with Crippen LogP contribution in [0.5, 0.6) is 0 Å². The van der Waals surface area contributed by atoms with Crippen LogP contribution >= 0.6 is 23.6 Å². The molecule has 2 rings (SSSR count). The summed E-state index contributed by atoms with van der Waals surface area (Å²) in [6, 6.07) is 0.344. The van der Waals surface area contributed by atoms with Crippen LogP contribution in [0.25, 0.3) is 10.7 Å². The van der Waals surface area contributed by atoms with Crippen molar-refractivity contribution in [2.45, 2.75) is 46.6 Å². The van der Waals surface area contributed by atoms with E-state index in [4.69, 9.17) is 12.2 Å². The van der Waals surface area contributed by atoms with Gasteiger partial charge in [0.15, 0.2) is 10.6 Å². The lowest BCUT2D eigenvalue weighted by Crippen LogP contribution is -2.05. The molecule has 104 valence electrons. The van der Waals surface area contributed by atoms with Gasteiger partial charge < -0.3 is 0 Å². The minimum atomic E-state index is 0.344. The van der Waals surface area contributed by atoms with Gasteiger partial charge in [0.25, 0.3) is 0 Å². The highest BCUT2D eigenvalue weighted by molar-refractivity contribution is 7.71. The van der Waals surface area contributed by atoms with E-state index < -0.39 is 0 Å². The van der Waals surface area contributed by atoms with Crippen molar-refractivity contribution in [2.75, 3.05) is 0 Å². The summed E-state index contributed by atoms with van der Waals surface area (Å²) >= 11 is 7.03. The van der Waals surface area contributed by atoms with Gasteiger partial charge in [-0.1, -0.05) is 20.8 Å². The lowest BCUT2D eigenvalue weighted by atomic mass is 10.1. The zero-order chi connectivity index (χ0) is 14.0. The minimum absolute atomic E-state index is 0.344. The molecule has 0 aliphatic heterocycles. The summed E-state index contributed by atoms with van der Waals surface area (Å²) in [5.41, 5.74) is 0. The average Bonchev–Trinajstić information content (AvgIpc) is 2.94. The summed E-state index contributed by atoms with van der Waals surface area (Å²) in [5.74, 6) is 1.53. The van der Waals surface area contributed by atoms with Crippen LogP contribution in [0.1, 0.15) is 45.2 Å². The van der Waals surface area contributed by atoms with Crippen LogP contribution in [0.4, 0.5) is 0 Å². The highest BCUT2D eigenvalue weighted by atomic mass is 32.1. The first-order valence-electron chi connectivity index (χ1n) is 6.64. The van der Waals surface area contributed by atoms with Crippen molar-refractivity contribution in [3.05, 3.63) is 16.0 Å². The van der Waals surface area contributed by atoms with Crippen LogP contribution in [0.3, 0.4) is 0 Å². The third-order valence-corrected chi connectivity index (χ3v) is 4.40. The Labute approximate surface area is 122 Å². The van der Waals surface area contributed by atoms with Crippen molar-refractivity contribution in [1.82, 2.24) is 19.7 Å². The van der Waals surface area contributed by atoms with Crippen molar-refractivity contribution in [3.63, 3.8) is 0 Å². The molecule has 2 aromatic heterocycles. The van der Waals surface area contributed by atoms with Gasteiger partial charge in [-0.05, 0) is 31.5 Å². The van der Waals surface area contributed by atoms with Gasteiger partial charge >= 0.3 is 0 Å². The van der Waals surface area contributed by atoms with Crippen molar-refractivity contribution in [2.24, 2.45) is 5.92 Å². The maximum atomic E-state index is 5.32. The second-order valence-corrected chi connectivity index (χ2v) is 6.70. The molecule has 0 aliphatic rings. The molecule has 0 bridgehead atoms. The third kappa shape index (κ3) is 3.12. The maximum Gasteiger partial charge on any atom is 0.195 e. The predicted molar refractivity (Wildman–Crippen MR) is 82.1 cm³/mol. The molecule has 2 heterocycles. The van der Waals surface area contributed by atoms with Gasteiger partial charge in [0.2, 0.25) is 0 Å². The summed E-state index contributed by atoms with van der Waals surface area (Å²) in [5, 5.41) is 8.42. The number of thiazole rings is 1. The van der Waals surface area contributed by atoms with E-state index in [1.165, 1.54) is 0 Å². The second kappa shape index (κ2) is 5.96. The van der Waals surface area contributed by atoms with Crippen LogP contribution in [-0.2, 0) is 6.42 Å². The molecule has 1 unspecified atom stereocenters. The van der Waals surface area contributed by atoms with Crippen molar-refractivity contribution >= 4 is 23.6 Å². The van der Waals surface area contributed by atoms with E-state index in [9.17, 15) is 0 Å². The Morgan fingerprint density at radius 1 is 1.42 bits per heavy atom. The molecule has 6 heteroatoms. The fourth-order valence-electron chi connectivity index (χ4n) is 1.93. The Hall–Kier alpha value is -1.01. The minimum Gasteiger partial charge on any atom is -0.297 e. The van der Waals surface area contributed by atoms with Crippen LogP contribution < -0.4 is 0 Å². The second-order valence-electron chi connectivity index (χ2n) is 5.20. The molecule has 2 aromatic rings. The van der Waals surface area contributed by atoms with Crippen LogP contribution in [0, 0.1) is 10.7 Å². The molecule has 1 N–H and O–H groups in total. The molecule has 0 spiro atoms. The molecular weight excluding hydrogens is 276 g/mol. The van der Waals surface area contributed by atoms with Gasteiger partial charge in [-0.3, -0.25) is 9.67 Å². The molecule has 0 radical (unpaired) electrons. The largest absolute Gasteiger partial charge is 0.297 e. The number of hydrogen-bond acceptors (Lipinski definition) is 4. The average molecular weight is 296 g/mol. The molecule has 0 fully saturated rings. The van der Waals surface area contributed by atoms with E-state index in [-0.39, 0.29) is 0 Å². The number of nitrogens with one attached hydrogen (secondary N) is 1. The smallest absolute Gasteiger partial charge is 0.195 e. The van der Waals surface area contributed by atoms with E-state index in [1.54, 1.807) is 11.3 Å². The van der Waals surface area contributed by atoms with Crippen molar-refractivity contribution in [3.8, 4) is 10.7 Å². The highest BCUT2D eigenvalue weighted by Gasteiger charge is 2.16. The lowest BCUT2D eigenvalue weighted by molar-refractivity contribution is 0.529. The van der Waals surface area contributed by atoms with Crippen LogP contribution in [0.2, 0.25) is 0 Å². The Kier molecular flexibility index (Phi) is 4.52. The quantitative estimate of drug-likeness (QED) is 0.840. The van der Waals surface area contributed by atoms with Gasteiger partial charge in [0.05, 0.1) is 9.88 Å². The summed E-state index contributed by atoms with van der Waals surface area (Å²) in [6.07, 6.45) is 3.95. The topological polar surface area (TPSA) is 46.5 Å². The Bertz CT molecular complexity index is 594. The number of aromatic nitrogens is 4. The SMILES string of the molecule is CCC(C)n1c(-c2cnc(CC(C)C)s2)n[nH]c1=S. The molecule has 0 amide bonds. The predicted octanol–water partition coefficient (Wildman–Crippen LogP) is 4.23. The first-order valence-corrected chi connectivity index (χ1v) is 7.87. The summed E-state index contributed by atoms with van der Waals surface area (Å²) < 4.78 is 2.77. The van der Waals surface area contributed by atoms with E-state index >= 15 is 0 Å². The van der Waals surface area contributed by atoms with Crippen molar-refractivity contribution in [1.29, 1.82) is 0 Å². The molecule has 4 nitrogen and oxygen atoms in total. The molecule has 1 atom stereocenters. The third-order valence-electron chi connectivity index (χ3n) is 3.09. The summed E-state index contributed by atoms with van der Waals surface area (Å²) in [7, 11) is 0. The summed E-state index contributed by atoms with van der Waals surface area (Å²) in [4.78, 5) is 5.57. The van der Waals surface area contributed by atoms with E-state index in [0.717, 1.165) is 28.6 Å². The molecule has 0 aliphatic carbocycles. The number of nitrogens with zero attached hydrogens (tertiary/aromatic N) is 3. The molecule has 0 saturated carbocycles. The van der Waals surface area contributed by atoms with E-state index in [0.29, 0.717) is 16.7 Å². The number of H-pyrrole nitrogens is 1. The van der Waals surface area contributed by atoms with Gasteiger partial charge in [-0.2, -0.15) is 5.10 Å². The highest BCUT2D eigenvalue weighted by Crippen LogP contribution is 2.28. The van der Waals surface area contributed by atoms with Gasteiger partial charge in [-0.15, -0.1) is 11.3 Å². The Morgan fingerprint density at radius 2 is 2.16 bits per heavy atom. The Morgan fingerprint density at radius 3 is 2.79 bits per heavy atom. The van der Waals surface area contributed by atoms with Gasteiger partial charge in [0.1, 0.15) is 0 Å². The zero-order valence-corrected chi connectivity index (χ0v) is 13.4. The van der Waals surface area contributed by atoms with E-state index in [2.05, 4.69) is 47.4 Å². The lowest BCUT2D eigenvalue weighted by Gasteiger charge is -2.11. The fraction of sp³-hybridized carbons (Fsp3) is 0.615. The molecule has 0 saturated heterocycles. The van der Waals surface area contributed by atoms with Gasteiger partial charge in [-0.25, -0.2) is 4.98 Å². The first kappa shape index (κ1) is 14.4. The standard InChI is InChI=1S/C13H20N4S2/c1-5-9(4)17-12(15-16-13(17)18)10-7-14-11(19-10)6-8(2)3/h7-9H,5-6H2,1-4H3,(H,16,18). The Balaban J connectivity index is 2.37. The van der Waals surface area contributed by atoms with Gasteiger partial charge in [0, 0.05) is 18.7 Å². The fourth-order valence-corrected chi connectivity index (χ4v) is 3.36. The first-order chi connectivity index (χ1) is 9.02. The van der Waals surface area contributed by atoms with Crippen LogP contribution in [0.15, 0.2) is 6.20 Å². The maximum absolute atomic E-state index is 5.32. The number of aromatic amines is 1. The monoisotopic (exact) mass is 296 g/mol. The summed E-state index contributed by atoms with van der Waals surface area (Å²) in [6.45, 7) is 8.72. The molecule has 19 heavy (non-hydrogen) atoms. The van der Waals surface area contributed by atoms with Crippen LogP contribution in [-0.4, -0.2) is 19.7 Å². The van der Waals surface area contributed by atoms with Crippen molar-refractivity contribution < 1.29 is 0 Å². The van der Waals surface area contributed by atoms with E-state index in [1.807, 2.05) is 6.20 Å². The number of hydrogen-bond donors (Lipinski definition) is 1. The number of rotatable bonds is 5. The normalized spacial score (nSPS) is 13.1. The molecular formula is C13H20N4S2. The zero-order valence-electron chi connectivity index (χ0n) is 11.8. The molecule has 0 aromatic carbocycles.